The lowest BCUT2D eigenvalue weighted by Gasteiger charge is -2.37. The van der Waals surface area contributed by atoms with Crippen LogP contribution in [-0.2, 0) is 5.41 Å². The molecule has 2 atom stereocenters. The molecule has 2 heteroatoms. The largest absolute Gasteiger partial charge is 0.313 e. The second kappa shape index (κ2) is 7.42. The van der Waals surface area contributed by atoms with E-state index in [1.54, 1.807) is 0 Å². The Morgan fingerprint density at radius 3 is 2.52 bits per heavy atom. The van der Waals surface area contributed by atoms with E-state index in [4.69, 9.17) is 0 Å². The molecule has 118 valence electrons. The van der Waals surface area contributed by atoms with E-state index in [9.17, 15) is 0 Å². The third-order valence-corrected chi connectivity index (χ3v) is 4.89. The molecule has 1 aromatic carbocycles. The Kier molecular flexibility index (Phi) is 5.83. The van der Waals surface area contributed by atoms with Crippen LogP contribution in [0.4, 0.5) is 0 Å². The molecule has 0 saturated heterocycles. The molecule has 2 unspecified atom stereocenters. The van der Waals surface area contributed by atoms with Crippen molar-refractivity contribution in [3.05, 3.63) is 35.9 Å². The minimum absolute atomic E-state index is 0.181. The second-order valence-electron chi connectivity index (χ2n) is 7.13. The van der Waals surface area contributed by atoms with Crippen molar-refractivity contribution < 1.29 is 0 Å². The van der Waals surface area contributed by atoms with Gasteiger partial charge >= 0.3 is 0 Å². The first kappa shape index (κ1) is 16.5. The van der Waals surface area contributed by atoms with Crippen LogP contribution in [0, 0.1) is 0 Å². The smallest absolute Gasteiger partial charge is 0.0177 e. The predicted octanol–water partition coefficient (Wildman–Crippen LogP) is 3.82. The molecule has 0 spiro atoms. The van der Waals surface area contributed by atoms with E-state index in [-0.39, 0.29) is 5.41 Å². The molecule has 1 aliphatic carbocycles. The summed E-state index contributed by atoms with van der Waals surface area (Å²) in [7, 11) is 2.28. The topological polar surface area (TPSA) is 15.3 Å². The summed E-state index contributed by atoms with van der Waals surface area (Å²) >= 11 is 0. The van der Waals surface area contributed by atoms with Gasteiger partial charge in [0.15, 0.2) is 0 Å². The van der Waals surface area contributed by atoms with Crippen molar-refractivity contribution >= 4 is 0 Å². The van der Waals surface area contributed by atoms with Crippen molar-refractivity contribution in [3.8, 4) is 0 Å². The van der Waals surface area contributed by atoms with Crippen molar-refractivity contribution in [2.75, 3.05) is 20.1 Å². The summed E-state index contributed by atoms with van der Waals surface area (Å²) in [5.41, 5.74) is 1.63. The molecule has 0 aromatic heterocycles. The lowest BCUT2D eigenvalue weighted by molar-refractivity contribution is 0.191. The molecule has 21 heavy (non-hydrogen) atoms. The quantitative estimate of drug-likeness (QED) is 0.743. The van der Waals surface area contributed by atoms with Crippen LogP contribution in [0.1, 0.15) is 52.0 Å². The van der Waals surface area contributed by atoms with Crippen LogP contribution >= 0.6 is 0 Å². The summed E-state index contributed by atoms with van der Waals surface area (Å²) in [5.74, 6) is 0. The molecule has 0 bridgehead atoms. The fourth-order valence-electron chi connectivity index (χ4n) is 3.09. The summed E-state index contributed by atoms with van der Waals surface area (Å²) in [6.45, 7) is 9.22. The predicted molar refractivity (Wildman–Crippen MR) is 91.8 cm³/mol. The van der Waals surface area contributed by atoms with Gasteiger partial charge in [-0.05, 0) is 38.8 Å². The van der Waals surface area contributed by atoms with Crippen molar-refractivity contribution in [2.45, 2.75) is 64.0 Å². The number of rotatable bonds is 9. The Bertz CT molecular complexity index is 413. The first-order valence-electron chi connectivity index (χ1n) is 8.54. The molecular formula is C19H32N2. The van der Waals surface area contributed by atoms with Gasteiger partial charge in [-0.25, -0.2) is 0 Å². The highest BCUT2D eigenvalue weighted by Crippen LogP contribution is 2.27. The summed E-state index contributed by atoms with van der Waals surface area (Å²) < 4.78 is 0. The molecule has 0 radical (unpaired) electrons. The standard InChI is InChI=1S/C19H32N2/c1-5-9-16(2)21(4)15-19(3,14-20-18-12-13-18)17-10-7-6-8-11-17/h6-8,10-11,16,18,20H,5,9,12-15H2,1-4H3. The van der Waals surface area contributed by atoms with Gasteiger partial charge in [0.25, 0.3) is 0 Å². The van der Waals surface area contributed by atoms with Gasteiger partial charge in [0.05, 0.1) is 0 Å². The molecule has 0 amide bonds. The average Bonchev–Trinajstić information content (AvgIpc) is 3.30. The van der Waals surface area contributed by atoms with Crippen LogP contribution in [0.2, 0.25) is 0 Å². The minimum Gasteiger partial charge on any atom is -0.313 e. The maximum absolute atomic E-state index is 3.75. The highest BCUT2D eigenvalue weighted by Gasteiger charge is 2.32. The van der Waals surface area contributed by atoms with Crippen LogP contribution < -0.4 is 5.32 Å². The van der Waals surface area contributed by atoms with Gasteiger partial charge in [-0.1, -0.05) is 50.6 Å². The summed E-state index contributed by atoms with van der Waals surface area (Å²) in [6, 6.07) is 12.4. The van der Waals surface area contributed by atoms with Crippen LogP contribution in [0.25, 0.3) is 0 Å². The molecule has 1 N–H and O–H groups in total. The van der Waals surface area contributed by atoms with E-state index in [0.717, 1.165) is 19.1 Å². The Hall–Kier alpha value is -0.860. The molecular weight excluding hydrogens is 256 g/mol. The van der Waals surface area contributed by atoms with Crippen molar-refractivity contribution in [2.24, 2.45) is 0 Å². The normalized spacial score (nSPS) is 19.5. The number of hydrogen-bond acceptors (Lipinski definition) is 2. The highest BCUT2D eigenvalue weighted by atomic mass is 15.1. The number of likely N-dealkylation sites (N-methyl/N-ethyl adjacent to an activating group) is 1. The third-order valence-electron chi connectivity index (χ3n) is 4.89. The fraction of sp³-hybridized carbons (Fsp3) is 0.684. The molecule has 1 aromatic rings. The van der Waals surface area contributed by atoms with Gasteiger partial charge in [0.1, 0.15) is 0 Å². The zero-order valence-electron chi connectivity index (χ0n) is 14.2. The van der Waals surface area contributed by atoms with E-state index in [1.165, 1.54) is 31.2 Å². The highest BCUT2D eigenvalue weighted by molar-refractivity contribution is 5.26. The monoisotopic (exact) mass is 288 g/mol. The first-order valence-corrected chi connectivity index (χ1v) is 8.54. The summed E-state index contributed by atoms with van der Waals surface area (Å²) in [4.78, 5) is 2.53. The molecule has 0 aliphatic heterocycles. The van der Waals surface area contributed by atoms with Gasteiger partial charge in [-0.2, -0.15) is 0 Å². The molecule has 1 saturated carbocycles. The third kappa shape index (κ3) is 4.82. The Morgan fingerprint density at radius 2 is 1.95 bits per heavy atom. The maximum Gasteiger partial charge on any atom is 0.0177 e. The van der Waals surface area contributed by atoms with Crippen molar-refractivity contribution in [1.29, 1.82) is 0 Å². The summed E-state index contributed by atoms with van der Waals surface area (Å²) in [5, 5.41) is 3.75. The van der Waals surface area contributed by atoms with Gasteiger partial charge in [0.2, 0.25) is 0 Å². The molecule has 1 fully saturated rings. The van der Waals surface area contributed by atoms with E-state index < -0.39 is 0 Å². The SMILES string of the molecule is CCCC(C)N(C)CC(C)(CNC1CC1)c1ccccc1. The lowest BCUT2D eigenvalue weighted by atomic mass is 9.81. The number of hydrogen-bond donors (Lipinski definition) is 1. The fourth-order valence-corrected chi connectivity index (χ4v) is 3.09. The Balaban J connectivity index is 2.07. The van der Waals surface area contributed by atoms with Crippen molar-refractivity contribution in [3.63, 3.8) is 0 Å². The van der Waals surface area contributed by atoms with Crippen LogP contribution in [-0.4, -0.2) is 37.1 Å². The van der Waals surface area contributed by atoms with E-state index in [0.29, 0.717) is 6.04 Å². The van der Waals surface area contributed by atoms with Crippen LogP contribution in [0.15, 0.2) is 30.3 Å². The van der Waals surface area contributed by atoms with Gasteiger partial charge in [-0.15, -0.1) is 0 Å². The lowest BCUT2D eigenvalue weighted by Crippen LogP contribution is -2.47. The number of benzene rings is 1. The number of nitrogens with zero attached hydrogens (tertiary/aromatic N) is 1. The Labute approximate surface area is 130 Å². The number of nitrogens with one attached hydrogen (secondary N) is 1. The van der Waals surface area contributed by atoms with Crippen molar-refractivity contribution in [1.82, 2.24) is 10.2 Å². The van der Waals surface area contributed by atoms with E-state index in [1.807, 2.05) is 0 Å². The molecule has 2 rings (SSSR count). The zero-order chi connectivity index (χ0) is 15.3. The molecule has 0 heterocycles. The van der Waals surface area contributed by atoms with E-state index >= 15 is 0 Å². The van der Waals surface area contributed by atoms with Gasteiger partial charge in [-0.3, -0.25) is 0 Å². The minimum atomic E-state index is 0.181. The second-order valence-corrected chi connectivity index (χ2v) is 7.13. The van der Waals surface area contributed by atoms with Gasteiger partial charge in [0, 0.05) is 30.6 Å². The average molecular weight is 288 g/mol. The van der Waals surface area contributed by atoms with E-state index in [2.05, 4.69) is 68.4 Å². The van der Waals surface area contributed by atoms with Crippen LogP contribution in [0.5, 0.6) is 0 Å². The Morgan fingerprint density at radius 1 is 1.29 bits per heavy atom. The van der Waals surface area contributed by atoms with Gasteiger partial charge < -0.3 is 10.2 Å². The maximum atomic E-state index is 3.75. The molecule has 1 aliphatic rings. The first-order chi connectivity index (χ1) is 10.0. The molecule has 2 nitrogen and oxygen atoms in total. The zero-order valence-corrected chi connectivity index (χ0v) is 14.2. The summed E-state index contributed by atoms with van der Waals surface area (Å²) in [6.07, 6.45) is 5.24. The van der Waals surface area contributed by atoms with Crippen LogP contribution in [0.3, 0.4) is 0 Å².